The normalized spacial score (nSPS) is 30.9. The molecule has 2 aromatic rings. The van der Waals surface area contributed by atoms with Crippen molar-refractivity contribution in [2.75, 3.05) is 51.1 Å². The summed E-state index contributed by atoms with van der Waals surface area (Å²) in [6.45, 7) is 6.66. The Kier molecular flexibility index (Phi) is 5.51. The lowest BCUT2D eigenvalue weighted by atomic mass is 9.81. The van der Waals surface area contributed by atoms with Crippen LogP contribution in [0.25, 0.3) is 0 Å². The second-order valence-electron chi connectivity index (χ2n) is 11.3. The molecule has 9 heteroatoms. The first-order valence-electron chi connectivity index (χ1n) is 12.4. The molecule has 0 amide bonds. The van der Waals surface area contributed by atoms with E-state index in [-0.39, 0.29) is 23.2 Å². The molecule has 2 fully saturated rings. The molecule has 7 nitrogen and oxygen atoms in total. The molecule has 192 valence electrons. The molecule has 0 saturated carbocycles. The van der Waals surface area contributed by atoms with Crippen LogP contribution in [0.2, 0.25) is 0 Å². The summed E-state index contributed by atoms with van der Waals surface area (Å²) in [5, 5.41) is 0. The van der Waals surface area contributed by atoms with Gasteiger partial charge in [-0.15, -0.1) is 0 Å². The van der Waals surface area contributed by atoms with Crippen LogP contribution in [0.15, 0.2) is 33.2 Å². The van der Waals surface area contributed by atoms with E-state index in [1.807, 2.05) is 24.3 Å². The van der Waals surface area contributed by atoms with Gasteiger partial charge in [-0.05, 0) is 94.2 Å². The lowest BCUT2D eigenvalue weighted by Crippen LogP contribution is -2.45. The summed E-state index contributed by atoms with van der Waals surface area (Å²) in [6, 6.07) is 7.72. The number of ether oxygens (including phenoxy) is 2. The van der Waals surface area contributed by atoms with Gasteiger partial charge < -0.3 is 19.3 Å². The molecule has 0 bridgehead atoms. The number of fused-ring (bicyclic) bond motifs is 6. The standard InChI is InChI=1S/C27H32Br2N4O3/c1-26-7-9-30(3)23(26)32(5)21-17(26)11-15(13-19(21)28)35-25(34)36-16-12-18-22(20(29)14-16)33(6)24-27(18,2)8-10-31(24)4/h11-14,23-24H,7-10H2,1-6H3/t23-,24-,26+,27+/m1/s1. The van der Waals surface area contributed by atoms with Gasteiger partial charge in [0.05, 0.1) is 23.7 Å². The average Bonchev–Trinajstić information content (AvgIpc) is 3.42. The summed E-state index contributed by atoms with van der Waals surface area (Å²) >= 11 is 7.45. The number of benzene rings is 2. The molecular formula is C27H32Br2N4O3. The highest BCUT2D eigenvalue weighted by atomic mass is 79.9. The largest absolute Gasteiger partial charge is 0.519 e. The van der Waals surface area contributed by atoms with Crippen molar-refractivity contribution in [3.05, 3.63) is 44.3 Å². The number of nitrogens with zero attached hydrogens (tertiary/aromatic N) is 4. The Morgan fingerprint density at radius 3 is 1.56 bits per heavy atom. The highest BCUT2D eigenvalue weighted by molar-refractivity contribution is 9.11. The third-order valence-corrected chi connectivity index (χ3v) is 10.3. The second-order valence-corrected chi connectivity index (χ2v) is 13.0. The first kappa shape index (κ1) is 24.5. The third-order valence-electron chi connectivity index (χ3n) is 9.09. The molecule has 36 heavy (non-hydrogen) atoms. The van der Waals surface area contributed by atoms with Crippen molar-refractivity contribution in [2.45, 2.75) is 49.9 Å². The molecule has 0 spiro atoms. The molecule has 0 radical (unpaired) electrons. The van der Waals surface area contributed by atoms with Crippen LogP contribution in [0.3, 0.4) is 0 Å². The summed E-state index contributed by atoms with van der Waals surface area (Å²) in [7, 11) is 8.60. The molecule has 0 aliphatic carbocycles. The van der Waals surface area contributed by atoms with Gasteiger partial charge in [-0.2, -0.15) is 0 Å². The van der Waals surface area contributed by atoms with E-state index in [1.165, 1.54) is 11.1 Å². The highest BCUT2D eigenvalue weighted by Gasteiger charge is 2.54. The van der Waals surface area contributed by atoms with Gasteiger partial charge in [0.15, 0.2) is 0 Å². The topological polar surface area (TPSA) is 48.5 Å². The van der Waals surface area contributed by atoms with Gasteiger partial charge in [0, 0.05) is 47.0 Å². The van der Waals surface area contributed by atoms with Crippen LogP contribution in [-0.4, -0.2) is 69.6 Å². The molecular weight excluding hydrogens is 588 g/mol. The van der Waals surface area contributed by atoms with Gasteiger partial charge >= 0.3 is 6.16 Å². The Morgan fingerprint density at radius 2 is 1.17 bits per heavy atom. The van der Waals surface area contributed by atoms with E-state index in [0.29, 0.717) is 11.5 Å². The predicted octanol–water partition coefficient (Wildman–Crippen LogP) is 5.53. The molecule has 2 aromatic carbocycles. The second kappa shape index (κ2) is 8.09. The average molecular weight is 620 g/mol. The Labute approximate surface area is 229 Å². The van der Waals surface area contributed by atoms with E-state index in [1.54, 1.807) is 0 Å². The number of carbonyl (C=O) groups is 1. The van der Waals surface area contributed by atoms with E-state index in [9.17, 15) is 4.79 Å². The molecule has 0 aromatic heterocycles. The number of halogens is 2. The summed E-state index contributed by atoms with van der Waals surface area (Å²) in [4.78, 5) is 22.4. The Bertz CT molecular complexity index is 1190. The number of likely N-dealkylation sites (N-methyl/N-ethyl adjacent to an activating group) is 4. The maximum absolute atomic E-state index is 12.9. The van der Waals surface area contributed by atoms with E-state index in [0.717, 1.165) is 46.3 Å². The van der Waals surface area contributed by atoms with Crippen molar-refractivity contribution in [3.63, 3.8) is 0 Å². The minimum atomic E-state index is -0.734. The van der Waals surface area contributed by atoms with E-state index < -0.39 is 6.16 Å². The van der Waals surface area contributed by atoms with Gasteiger partial charge in [-0.1, -0.05) is 13.8 Å². The quantitative estimate of drug-likeness (QED) is 0.324. The SMILES string of the molecule is CN1CC[C@@]2(C)c3cc(OC(=O)Oc4cc(Br)c5c(c4)[C@]4(C)CCN(C)[C@@H]4N5C)cc(Br)c3N(C)[C@@H]12. The van der Waals surface area contributed by atoms with Crippen LogP contribution >= 0.6 is 31.9 Å². The molecule has 4 heterocycles. The van der Waals surface area contributed by atoms with E-state index in [4.69, 9.17) is 9.47 Å². The monoisotopic (exact) mass is 618 g/mol. The van der Waals surface area contributed by atoms with Crippen LogP contribution in [0.5, 0.6) is 11.5 Å². The van der Waals surface area contributed by atoms with Crippen LogP contribution in [-0.2, 0) is 10.8 Å². The molecule has 2 saturated heterocycles. The zero-order valence-electron chi connectivity index (χ0n) is 21.6. The first-order chi connectivity index (χ1) is 17.0. The zero-order valence-corrected chi connectivity index (χ0v) is 24.7. The Balaban J connectivity index is 1.26. The fourth-order valence-electron chi connectivity index (χ4n) is 7.60. The van der Waals surface area contributed by atoms with E-state index >= 15 is 0 Å². The molecule has 0 N–H and O–H groups in total. The van der Waals surface area contributed by atoms with E-state index in [2.05, 4.69) is 93.5 Å². The van der Waals surface area contributed by atoms with Crippen molar-refractivity contribution < 1.29 is 14.3 Å². The zero-order chi connectivity index (χ0) is 25.7. The molecule has 6 rings (SSSR count). The van der Waals surface area contributed by atoms with Crippen molar-refractivity contribution in [2.24, 2.45) is 0 Å². The summed E-state index contributed by atoms with van der Waals surface area (Å²) in [5.41, 5.74) is 4.66. The summed E-state index contributed by atoms with van der Waals surface area (Å²) < 4.78 is 13.3. The van der Waals surface area contributed by atoms with Crippen molar-refractivity contribution in [1.82, 2.24) is 9.80 Å². The molecule has 0 unspecified atom stereocenters. The molecule has 4 aliphatic rings. The van der Waals surface area contributed by atoms with Gasteiger partial charge in [0.1, 0.15) is 11.5 Å². The van der Waals surface area contributed by atoms with Gasteiger partial charge in [0.2, 0.25) is 0 Å². The van der Waals surface area contributed by atoms with Gasteiger partial charge in [-0.25, -0.2) is 4.79 Å². The van der Waals surface area contributed by atoms with Crippen molar-refractivity contribution in [1.29, 1.82) is 0 Å². The lowest BCUT2D eigenvalue weighted by Gasteiger charge is -2.32. The van der Waals surface area contributed by atoms with Crippen LogP contribution in [0.4, 0.5) is 16.2 Å². The fraction of sp³-hybridized carbons (Fsp3) is 0.519. The van der Waals surface area contributed by atoms with Gasteiger partial charge in [-0.3, -0.25) is 9.80 Å². The molecule has 4 aliphatic heterocycles. The fourth-order valence-corrected chi connectivity index (χ4v) is 9.04. The predicted molar refractivity (Wildman–Crippen MR) is 149 cm³/mol. The van der Waals surface area contributed by atoms with Crippen LogP contribution in [0.1, 0.15) is 37.8 Å². The number of anilines is 2. The number of rotatable bonds is 2. The third kappa shape index (κ3) is 3.25. The van der Waals surface area contributed by atoms with Crippen LogP contribution in [0, 0.1) is 0 Å². The number of likely N-dealkylation sites (tertiary alicyclic amines) is 2. The maximum atomic E-state index is 12.9. The first-order valence-corrected chi connectivity index (χ1v) is 14.0. The minimum Gasteiger partial charge on any atom is -0.395 e. The number of hydrogen-bond donors (Lipinski definition) is 0. The summed E-state index contributed by atoms with van der Waals surface area (Å²) in [6.07, 6.45) is 1.94. The smallest absolute Gasteiger partial charge is 0.395 e. The Morgan fingerprint density at radius 1 is 0.778 bits per heavy atom. The summed E-state index contributed by atoms with van der Waals surface area (Å²) in [5.74, 6) is 0.972. The van der Waals surface area contributed by atoms with Crippen molar-refractivity contribution >= 4 is 49.4 Å². The number of hydrogen-bond acceptors (Lipinski definition) is 7. The maximum Gasteiger partial charge on any atom is 0.519 e. The van der Waals surface area contributed by atoms with Gasteiger partial charge in [0.25, 0.3) is 0 Å². The highest BCUT2D eigenvalue weighted by Crippen LogP contribution is 2.55. The minimum absolute atomic E-state index is 0.0259. The molecule has 4 atom stereocenters. The Hall–Kier alpha value is -1.81. The van der Waals surface area contributed by atoms with Crippen LogP contribution < -0.4 is 19.3 Å². The lowest BCUT2D eigenvalue weighted by molar-refractivity contribution is 0.151. The number of carbonyl (C=O) groups excluding carboxylic acids is 1. The van der Waals surface area contributed by atoms with Crippen molar-refractivity contribution in [3.8, 4) is 11.5 Å².